The van der Waals surface area contributed by atoms with E-state index in [1.165, 1.54) is 5.69 Å². The lowest BCUT2D eigenvalue weighted by molar-refractivity contribution is 0.0713. The van der Waals surface area contributed by atoms with Gasteiger partial charge >= 0.3 is 0 Å². The van der Waals surface area contributed by atoms with Gasteiger partial charge in [-0.3, -0.25) is 9.00 Å². The molecule has 5 nitrogen and oxygen atoms in total. The molecule has 6 heteroatoms. The second kappa shape index (κ2) is 8.66. The van der Waals surface area contributed by atoms with Crippen molar-refractivity contribution in [3.05, 3.63) is 83.8 Å². The normalized spacial score (nSPS) is 15.3. The predicted octanol–water partition coefficient (Wildman–Crippen LogP) is 3.86. The number of hydrogen-bond acceptors (Lipinski definition) is 4. The third-order valence-corrected chi connectivity index (χ3v) is 6.46. The number of aryl methyl sites for hydroxylation is 1. The summed E-state index contributed by atoms with van der Waals surface area (Å²) in [5.74, 6) is 1.03. The predicted molar refractivity (Wildman–Crippen MR) is 115 cm³/mol. The third kappa shape index (κ3) is 4.59. The Morgan fingerprint density at radius 1 is 0.931 bits per heavy atom. The minimum atomic E-state index is -1.20. The van der Waals surface area contributed by atoms with Gasteiger partial charge in [-0.25, -0.2) is 0 Å². The fourth-order valence-electron chi connectivity index (χ4n) is 3.44. The van der Waals surface area contributed by atoms with Crippen molar-refractivity contribution in [2.45, 2.75) is 17.6 Å². The van der Waals surface area contributed by atoms with E-state index >= 15 is 0 Å². The molecular formula is C23H24N2O3S. The number of piperazine rings is 1. The Bertz CT molecular complexity index is 990. The molecule has 0 saturated carbocycles. The molecule has 0 aliphatic carbocycles. The average molecular weight is 409 g/mol. The van der Waals surface area contributed by atoms with Crippen LogP contribution < -0.4 is 4.90 Å². The van der Waals surface area contributed by atoms with Gasteiger partial charge in [-0.1, -0.05) is 35.9 Å². The number of furan rings is 1. The van der Waals surface area contributed by atoms with Crippen molar-refractivity contribution in [1.29, 1.82) is 0 Å². The number of anilines is 1. The lowest BCUT2D eigenvalue weighted by atomic mass is 10.2. The number of amides is 1. The highest BCUT2D eigenvalue weighted by atomic mass is 32.2. The highest BCUT2D eigenvalue weighted by molar-refractivity contribution is 7.84. The zero-order valence-corrected chi connectivity index (χ0v) is 17.2. The van der Waals surface area contributed by atoms with Crippen molar-refractivity contribution in [2.75, 3.05) is 31.1 Å². The molecule has 0 bridgehead atoms. The lowest BCUT2D eigenvalue weighted by Crippen LogP contribution is -2.48. The Balaban J connectivity index is 1.35. The molecule has 1 aliphatic rings. The lowest BCUT2D eigenvalue weighted by Gasteiger charge is -2.35. The van der Waals surface area contributed by atoms with Crippen LogP contribution in [0.3, 0.4) is 0 Å². The number of carbonyl (C=O) groups excluding carboxylic acids is 1. The Morgan fingerprint density at radius 3 is 2.31 bits per heavy atom. The molecule has 0 radical (unpaired) electrons. The summed E-state index contributed by atoms with van der Waals surface area (Å²) in [6.07, 6.45) is 0. The molecule has 1 aromatic heterocycles. The molecule has 1 atom stereocenters. The van der Waals surface area contributed by atoms with Crippen LogP contribution in [0.1, 0.15) is 21.9 Å². The zero-order chi connectivity index (χ0) is 20.2. The number of nitrogens with zero attached hydrogens (tertiary/aromatic N) is 2. The van der Waals surface area contributed by atoms with Crippen LogP contribution in [0.25, 0.3) is 0 Å². The number of benzene rings is 2. The summed E-state index contributed by atoms with van der Waals surface area (Å²) in [5.41, 5.74) is 2.31. The maximum atomic E-state index is 12.8. The number of carbonyl (C=O) groups is 1. The van der Waals surface area contributed by atoms with E-state index in [0.717, 1.165) is 23.5 Å². The molecule has 150 valence electrons. The quantitative estimate of drug-likeness (QED) is 0.643. The van der Waals surface area contributed by atoms with Gasteiger partial charge in [-0.15, -0.1) is 0 Å². The monoisotopic (exact) mass is 408 g/mol. The summed E-state index contributed by atoms with van der Waals surface area (Å²) in [7, 11) is -1.20. The molecule has 0 spiro atoms. The summed E-state index contributed by atoms with van der Waals surface area (Å²) in [5, 5.41) is 0. The fourth-order valence-corrected chi connectivity index (χ4v) is 4.46. The van der Waals surface area contributed by atoms with Crippen LogP contribution in [0.5, 0.6) is 0 Å². The van der Waals surface area contributed by atoms with Gasteiger partial charge in [-0.05, 0) is 43.3 Å². The van der Waals surface area contributed by atoms with Crippen LogP contribution >= 0.6 is 0 Å². The van der Waals surface area contributed by atoms with Crippen LogP contribution in [-0.2, 0) is 16.6 Å². The van der Waals surface area contributed by atoms with E-state index in [1.54, 1.807) is 12.1 Å². The summed E-state index contributed by atoms with van der Waals surface area (Å²) in [6, 6.07) is 21.3. The average Bonchev–Trinajstić information content (AvgIpc) is 3.23. The van der Waals surface area contributed by atoms with Gasteiger partial charge in [0, 0.05) is 36.8 Å². The minimum absolute atomic E-state index is 0.106. The van der Waals surface area contributed by atoms with Crippen molar-refractivity contribution in [2.24, 2.45) is 0 Å². The number of rotatable bonds is 5. The molecule has 0 N–H and O–H groups in total. The maximum absolute atomic E-state index is 12.8. The third-order valence-electron chi connectivity index (χ3n) is 5.12. The van der Waals surface area contributed by atoms with Gasteiger partial charge in [0.15, 0.2) is 5.76 Å². The molecule has 4 rings (SSSR count). The van der Waals surface area contributed by atoms with E-state index in [1.807, 2.05) is 54.3 Å². The molecule has 29 heavy (non-hydrogen) atoms. The van der Waals surface area contributed by atoms with Gasteiger partial charge in [-0.2, -0.15) is 0 Å². The molecule has 1 saturated heterocycles. The van der Waals surface area contributed by atoms with Gasteiger partial charge in [0.1, 0.15) is 5.76 Å². The van der Waals surface area contributed by atoms with Crippen molar-refractivity contribution in [3.8, 4) is 0 Å². The molecule has 1 fully saturated rings. The van der Waals surface area contributed by atoms with Crippen LogP contribution in [0.4, 0.5) is 5.69 Å². The molecule has 2 aromatic carbocycles. The highest BCUT2D eigenvalue weighted by Crippen LogP contribution is 2.19. The smallest absolute Gasteiger partial charge is 0.289 e. The largest absolute Gasteiger partial charge is 0.455 e. The molecule has 1 aliphatic heterocycles. The first-order chi connectivity index (χ1) is 14.1. The zero-order valence-electron chi connectivity index (χ0n) is 16.4. The molecule has 1 amide bonds. The highest BCUT2D eigenvalue weighted by Gasteiger charge is 2.24. The van der Waals surface area contributed by atoms with Crippen molar-refractivity contribution >= 4 is 22.4 Å². The molecule has 3 aromatic rings. The second-order valence-electron chi connectivity index (χ2n) is 7.18. The van der Waals surface area contributed by atoms with Crippen LogP contribution in [-0.4, -0.2) is 41.2 Å². The first-order valence-electron chi connectivity index (χ1n) is 9.73. The van der Waals surface area contributed by atoms with Gasteiger partial charge in [0.25, 0.3) is 5.91 Å². The standard InChI is InChI=1S/C23H24N2O3S/c1-18-7-10-21(11-8-18)29(27)17-20-9-12-22(28-20)23(26)25-15-13-24(14-16-25)19-5-3-2-4-6-19/h2-12H,13-17H2,1H3. The van der Waals surface area contributed by atoms with Crippen molar-refractivity contribution < 1.29 is 13.4 Å². The summed E-state index contributed by atoms with van der Waals surface area (Å²) in [6.45, 7) is 4.89. The van der Waals surface area contributed by atoms with E-state index in [-0.39, 0.29) is 11.7 Å². The summed E-state index contributed by atoms with van der Waals surface area (Å²) >= 11 is 0. The van der Waals surface area contributed by atoms with Crippen molar-refractivity contribution in [3.63, 3.8) is 0 Å². The maximum Gasteiger partial charge on any atom is 0.289 e. The van der Waals surface area contributed by atoms with E-state index in [9.17, 15) is 9.00 Å². The van der Waals surface area contributed by atoms with E-state index in [4.69, 9.17) is 4.42 Å². The van der Waals surface area contributed by atoms with Gasteiger partial charge in [0.05, 0.1) is 16.6 Å². The van der Waals surface area contributed by atoms with Gasteiger partial charge in [0.2, 0.25) is 0 Å². The summed E-state index contributed by atoms with van der Waals surface area (Å²) < 4.78 is 18.3. The fraction of sp³-hybridized carbons (Fsp3) is 0.261. The summed E-state index contributed by atoms with van der Waals surface area (Å²) in [4.78, 5) is 17.6. The van der Waals surface area contributed by atoms with Crippen molar-refractivity contribution in [1.82, 2.24) is 4.90 Å². The van der Waals surface area contributed by atoms with Crippen LogP contribution in [0.15, 0.2) is 76.0 Å². The number of para-hydroxylation sites is 1. The van der Waals surface area contributed by atoms with Gasteiger partial charge < -0.3 is 14.2 Å². The van der Waals surface area contributed by atoms with E-state index in [2.05, 4.69) is 17.0 Å². The Morgan fingerprint density at radius 2 is 1.62 bits per heavy atom. The second-order valence-corrected chi connectivity index (χ2v) is 8.63. The Labute approximate surface area is 173 Å². The first kappa shape index (κ1) is 19.5. The molecular weight excluding hydrogens is 384 g/mol. The van der Waals surface area contributed by atoms with Crippen LogP contribution in [0.2, 0.25) is 0 Å². The topological polar surface area (TPSA) is 53.8 Å². The van der Waals surface area contributed by atoms with E-state index < -0.39 is 10.8 Å². The number of hydrogen-bond donors (Lipinski definition) is 0. The SMILES string of the molecule is Cc1ccc(S(=O)Cc2ccc(C(=O)N3CCN(c4ccccc4)CC3)o2)cc1. The Kier molecular flexibility index (Phi) is 5.81. The first-order valence-corrected chi connectivity index (χ1v) is 11.0. The van der Waals surface area contributed by atoms with E-state index in [0.29, 0.717) is 24.6 Å². The van der Waals surface area contributed by atoms with Crippen LogP contribution in [0, 0.1) is 6.92 Å². The minimum Gasteiger partial charge on any atom is -0.455 e. The Hall–Kier alpha value is -2.86. The molecule has 2 heterocycles. The molecule has 1 unspecified atom stereocenters.